The molecule has 0 spiro atoms. The molecular weight excluding hydrogens is 438 g/mol. The summed E-state index contributed by atoms with van der Waals surface area (Å²) in [6.07, 6.45) is 3.73. The van der Waals surface area contributed by atoms with Gasteiger partial charge < -0.3 is 4.90 Å². The molecule has 5 heteroatoms. The van der Waals surface area contributed by atoms with E-state index in [0.717, 1.165) is 71.5 Å². The number of benzene rings is 3. The van der Waals surface area contributed by atoms with Gasteiger partial charge in [0.05, 0.1) is 11.4 Å². The van der Waals surface area contributed by atoms with E-state index in [1.807, 2.05) is 23.1 Å². The van der Waals surface area contributed by atoms with Crippen molar-refractivity contribution in [1.82, 2.24) is 14.5 Å². The summed E-state index contributed by atoms with van der Waals surface area (Å²) in [7, 11) is 0. The molecule has 1 aliphatic rings. The van der Waals surface area contributed by atoms with Crippen molar-refractivity contribution in [3.63, 3.8) is 0 Å². The molecule has 1 saturated heterocycles. The lowest BCUT2D eigenvalue weighted by molar-refractivity contribution is -0.130. The van der Waals surface area contributed by atoms with Crippen LogP contribution in [-0.2, 0) is 4.79 Å². The number of aromatic nitrogens is 2. The number of thioether (sulfide) groups is 1. The average Bonchev–Trinajstić information content (AvgIpc) is 3.57. The van der Waals surface area contributed by atoms with E-state index < -0.39 is 0 Å². The van der Waals surface area contributed by atoms with E-state index in [4.69, 9.17) is 4.98 Å². The molecule has 0 N–H and O–H groups in total. The molecule has 0 radical (unpaired) electrons. The van der Waals surface area contributed by atoms with Gasteiger partial charge in [-0.15, -0.1) is 0 Å². The lowest BCUT2D eigenvalue weighted by Gasteiger charge is -2.15. The molecule has 0 unspecified atom stereocenters. The fourth-order valence-corrected chi connectivity index (χ4v) is 5.44. The van der Waals surface area contributed by atoms with E-state index in [2.05, 4.69) is 77.4 Å². The number of imidazole rings is 1. The first-order valence-corrected chi connectivity index (χ1v) is 13.0. The van der Waals surface area contributed by atoms with Crippen LogP contribution < -0.4 is 0 Å². The van der Waals surface area contributed by atoms with Crippen molar-refractivity contribution >= 4 is 17.7 Å². The first kappa shape index (κ1) is 22.5. The highest BCUT2D eigenvalue weighted by atomic mass is 32.2. The first-order valence-electron chi connectivity index (χ1n) is 12.0. The fourth-order valence-electron chi connectivity index (χ4n) is 4.48. The van der Waals surface area contributed by atoms with E-state index in [-0.39, 0.29) is 0 Å². The van der Waals surface area contributed by atoms with Crippen LogP contribution in [0.3, 0.4) is 0 Å². The summed E-state index contributed by atoms with van der Waals surface area (Å²) in [5, 5.41) is 0.956. The molecule has 0 bridgehead atoms. The Labute approximate surface area is 205 Å². The predicted molar refractivity (Wildman–Crippen MR) is 140 cm³/mol. The van der Waals surface area contributed by atoms with Gasteiger partial charge in [-0.25, -0.2) is 4.98 Å². The van der Waals surface area contributed by atoms with Gasteiger partial charge in [-0.1, -0.05) is 90.6 Å². The van der Waals surface area contributed by atoms with Gasteiger partial charge >= 0.3 is 0 Å². The maximum atomic E-state index is 12.5. The summed E-state index contributed by atoms with van der Waals surface area (Å²) in [5.41, 5.74) is 5.39. The lowest BCUT2D eigenvalue weighted by atomic mass is 10.0. The monoisotopic (exact) mass is 467 g/mol. The summed E-state index contributed by atoms with van der Waals surface area (Å²) in [6, 6.07) is 31.3. The molecule has 1 aliphatic heterocycles. The van der Waals surface area contributed by atoms with E-state index in [1.54, 1.807) is 11.8 Å². The Morgan fingerprint density at radius 3 is 2.03 bits per heavy atom. The Hall–Kier alpha value is -3.31. The first-order chi connectivity index (χ1) is 16.8. The van der Waals surface area contributed by atoms with Crippen molar-refractivity contribution in [3.05, 3.63) is 91.0 Å². The third kappa shape index (κ3) is 4.95. The molecule has 1 aromatic heterocycles. The smallest absolute Gasteiger partial charge is 0.222 e. The minimum atomic E-state index is 0.291. The van der Waals surface area contributed by atoms with E-state index >= 15 is 0 Å². The molecule has 172 valence electrons. The van der Waals surface area contributed by atoms with Crippen LogP contribution in [0.25, 0.3) is 28.2 Å². The summed E-state index contributed by atoms with van der Waals surface area (Å²) in [5.74, 6) is 1.14. The van der Waals surface area contributed by atoms with Crippen LogP contribution in [0.4, 0.5) is 0 Å². The van der Waals surface area contributed by atoms with Crippen LogP contribution >= 0.6 is 11.8 Å². The highest BCUT2D eigenvalue weighted by molar-refractivity contribution is 7.99. The average molecular weight is 468 g/mol. The molecule has 34 heavy (non-hydrogen) atoms. The predicted octanol–water partition coefficient (Wildman–Crippen LogP) is 6.70. The van der Waals surface area contributed by atoms with Crippen molar-refractivity contribution < 1.29 is 4.79 Å². The highest BCUT2D eigenvalue weighted by Crippen LogP contribution is 2.38. The van der Waals surface area contributed by atoms with E-state index in [1.165, 1.54) is 0 Å². The summed E-state index contributed by atoms with van der Waals surface area (Å²) in [6.45, 7) is 1.84. The molecule has 4 aromatic rings. The Bertz CT molecular complexity index is 1220. The van der Waals surface area contributed by atoms with Crippen LogP contribution in [0.2, 0.25) is 0 Å². The van der Waals surface area contributed by atoms with Crippen molar-refractivity contribution in [1.29, 1.82) is 0 Å². The zero-order valence-electron chi connectivity index (χ0n) is 19.3. The molecule has 2 heterocycles. The van der Waals surface area contributed by atoms with Crippen molar-refractivity contribution in [2.75, 3.05) is 18.8 Å². The number of carbonyl (C=O) groups excluding carboxylic acids is 1. The number of hydrogen-bond acceptors (Lipinski definition) is 3. The molecule has 0 saturated carbocycles. The quantitative estimate of drug-likeness (QED) is 0.214. The van der Waals surface area contributed by atoms with Crippen molar-refractivity contribution in [3.8, 4) is 28.2 Å². The molecule has 1 fully saturated rings. The highest BCUT2D eigenvalue weighted by Gasteiger charge is 2.22. The standard InChI is InChI=1S/C29H29N3OS/c33-26(31-20-10-11-21-31)19-12-22-34-29-30-27(23-13-4-1-5-14-23)28(24-15-6-2-7-16-24)32(29)25-17-8-3-9-18-25/h1-9,13-18H,10-12,19-22H2. The van der Waals surface area contributed by atoms with Gasteiger partial charge in [0.2, 0.25) is 5.91 Å². The zero-order valence-corrected chi connectivity index (χ0v) is 20.1. The van der Waals surface area contributed by atoms with E-state index in [9.17, 15) is 4.79 Å². The van der Waals surface area contributed by atoms with Gasteiger partial charge in [-0.3, -0.25) is 9.36 Å². The lowest BCUT2D eigenvalue weighted by Crippen LogP contribution is -2.27. The summed E-state index contributed by atoms with van der Waals surface area (Å²) in [4.78, 5) is 19.6. The second kappa shape index (κ2) is 10.7. The van der Waals surface area contributed by atoms with Gasteiger partial charge in [0, 0.05) is 42.1 Å². The topological polar surface area (TPSA) is 38.1 Å². The van der Waals surface area contributed by atoms with Crippen molar-refractivity contribution in [2.24, 2.45) is 0 Å². The minimum Gasteiger partial charge on any atom is -0.343 e. The second-order valence-corrected chi connectivity index (χ2v) is 9.60. The Kier molecular flexibility index (Phi) is 7.10. The van der Waals surface area contributed by atoms with Gasteiger partial charge in [-0.05, 0) is 31.4 Å². The molecule has 0 aliphatic carbocycles. The van der Waals surface area contributed by atoms with E-state index in [0.29, 0.717) is 12.3 Å². The zero-order chi connectivity index (χ0) is 23.2. The van der Waals surface area contributed by atoms with Gasteiger partial charge in [0.15, 0.2) is 5.16 Å². The molecule has 4 nitrogen and oxygen atoms in total. The number of nitrogens with zero attached hydrogens (tertiary/aromatic N) is 3. The number of rotatable bonds is 8. The molecule has 3 aromatic carbocycles. The van der Waals surface area contributed by atoms with Gasteiger partial charge in [-0.2, -0.15) is 0 Å². The Balaban J connectivity index is 1.49. The Morgan fingerprint density at radius 1 is 0.794 bits per heavy atom. The summed E-state index contributed by atoms with van der Waals surface area (Å²) >= 11 is 1.73. The Morgan fingerprint density at radius 2 is 1.38 bits per heavy atom. The third-order valence-corrected chi connectivity index (χ3v) is 7.21. The van der Waals surface area contributed by atoms with Crippen LogP contribution in [0.5, 0.6) is 0 Å². The normalized spacial score (nSPS) is 13.4. The van der Waals surface area contributed by atoms with Gasteiger partial charge in [0.25, 0.3) is 0 Å². The summed E-state index contributed by atoms with van der Waals surface area (Å²) < 4.78 is 2.27. The number of amides is 1. The van der Waals surface area contributed by atoms with Crippen LogP contribution in [0.1, 0.15) is 25.7 Å². The number of para-hydroxylation sites is 1. The fraction of sp³-hybridized carbons (Fsp3) is 0.241. The maximum absolute atomic E-state index is 12.5. The largest absolute Gasteiger partial charge is 0.343 e. The number of likely N-dealkylation sites (tertiary alicyclic amines) is 1. The van der Waals surface area contributed by atoms with Crippen LogP contribution in [0, 0.1) is 0 Å². The molecule has 1 amide bonds. The molecule has 0 atom stereocenters. The van der Waals surface area contributed by atoms with Crippen molar-refractivity contribution in [2.45, 2.75) is 30.8 Å². The molecule has 5 rings (SSSR count). The number of carbonyl (C=O) groups is 1. The second-order valence-electron chi connectivity index (χ2n) is 8.53. The SMILES string of the molecule is O=C(CCCSc1nc(-c2ccccc2)c(-c2ccccc2)n1-c1ccccc1)N1CCCC1. The minimum absolute atomic E-state index is 0.291. The number of hydrogen-bond donors (Lipinski definition) is 0. The van der Waals surface area contributed by atoms with Crippen LogP contribution in [0.15, 0.2) is 96.2 Å². The maximum Gasteiger partial charge on any atom is 0.222 e. The van der Waals surface area contributed by atoms with Gasteiger partial charge in [0.1, 0.15) is 0 Å². The third-order valence-electron chi connectivity index (χ3n) is 6.18. The van der Waals surface area contributed by atoms with Crippen LogP contribution in [-0.4, -0.2) is 39.2 Å². The molecular formula is C29H29N3OS.